The van der Waals surface area contributed by atoms with E-state index in [0.29, 0.717) is 11.5 Å². The number of esters is 1. The standard InChI is InChI=1S/C14H14O2/c1-3-13(11-8-9-11)16-14(15)12-6-4-10(2)5-7-12/h1,4-7,11,13H,8-9H2,2H3/t13-/m1/s1. The zero-order valence-corrected chi connectivity index (χ0v) is 9.27. The molecule has 0 bridgehead atoms. The summed E-state index contributed by atoms with van der Waals surface area (Å²) < 4.78 is 5.27. The lowest BCUT2D eigenvalue weighted by molar-refractivity contribution is 0.0374. The number of hydrogen-bond donors (Lipinski definition) is 0. The Morgan fingerprint density at radius 2 is 2.06 bits per heavy atom. The van der Waals surface area contributed by atoms with E-state index in [1.807, 2.05) is 19.1 Å². The highest BCUT2D eigenvalue weighted by atomic mass is 16.5. The fourth-order valence-electron chi connectivity index (χ4n) is 1.54. The molecule has 0 N–H and O–H groups in total. The first kappa shape index (κ1) is 10.8. The van der Waals surface area contributed by atoms with Crippen LogP contribution in [0.5, 0.6) is 0 Å². The molecule has 0 spiro atoms. The average Bonchev–Trinajstić information content (AvgIpc) is 3.10. The molecule has 0 aliphatic heterocycles. The molecule has 82 valence electrons. The first-order valence-corrected chi connectivity index (χ1v) is 5.44. The molecular weight excluding hydrogens is 200 g/mol. The van der Waals surface area contributed by atoms with Gasteiger partial charge in [-0.3, -0.25) is 0 Å². The molecule has 0 heterocycles. The van der Waals surface area contributed by atoms with Crippen LogP contribution < -0.4 is 0 Å². The molecular formula is C14H14O2. The van der Waals surface area contributed by atoms with E-state index in [1.54, 1.807) is 12.1 Å². The fraction of sp³-hybridized carbons (Fsp3) is 0.357. The van der Waals surface area contributed by atoms with Crippen LogP contribution >= 0.6 is 0 Å². The Hall–Kier alpha value is -1.75. The summed E-state index contributed by atoms with van der Waals surface area (Å²) in [6.45, 7) is 1.98. The number of aryl methyl sites for hydroxylation is 1. The molecule has 2 rings (SSSR count). The van der Waals surface area contributed by atoms with Gasteiger partial charge in [-0.25, -0.2) is 4.79 Å². The van der Waals surface area contributed by atoms with Crippen molar-refractivity contribution in [2.45, 2.75) is 25.9 Å². The average molecular weight is 214 g/mol. The van der Waals surface area contributed by atoms with Gasteiger partial charge in [0, 0.05) is 5.92 Å². The third-order valence-corrected chi connectivity index (χ3v) is 2.74. The first-order valence-electron chi connectivity index (χ1n) is 5.44. The van der Waals surface area contributed by atoms with E-state index in [9.17, 15) is 4.79 Å². The Balaban J connectivity index is 2.02. The van der Waals surface area contributed by atoms with Gasteiger partial charge in [-0.15, -0.1) is 6.42 Å². The van der Waals surface area contributed by atoms with Crippen LogP contribution in [0.1, 0.15) is 28.8 Å². The molecule has 0 aromatic heterocycles. The maximum atomic E-state index is 11.7. The van der Waals surface area contributed by atoms with Crippen LogP contribution in [0, 0.1) is 25.2 Å². The van der Waals surface area contributed by atoms with Gasteiger partial charge in [0.25, 0.3) is 0 Å². The third-order valence-electron chi connectivity index (χ3n) is 2.74. The number of rotatable bonds is 3. The Morgan fingerprint density at radius 1 is 1.44 bits per heavy atom. The molecule has 2 nitrogen and oxygen atoms in total. The van der Waals surface area contributed by atoms with Gasteiger partial charge in [0.2, 0.25) is 0 Å². The Labute approximate surface area is 95.6 Å². The van der Waals surface area contributed by atoms with Crippen molar-refractivity contribution in [3.8, 4) is 12.3 Å². The van der Waals surface area contributed by atoms with E-state index < -0.39 is 0 Å². The number of carbonyl (C=O) groups is 1. The van der Waals surface area contributed by atoms with Crippen LogP contribution in [0.25, 0.3) is 0 Å². The molecule has 1 atom stereocenters. The quantitative estimate of drug-likeness (QED) is 0.571. The number of hydrogen-bond acceptors (Lipinski definition) is 2. The minimum atomic E-state index is -0.353. The second-order valence-corrected chi connectivity index (χ2v) is 4.20. The van der Waals surface area contributed by atoms with Crippen LogP contribution in [-0.2, 0) is 4.74 Å². The normalized spacial score (nSPS) is 16.2. The highest BCUT2D eigenvalue weighted by Gasteiger charge is 2.32. The summed E-state index contributed by atoms with van der Waals surface area (Å²) in [5, 5.41) is 0. The monoisotopic (exact) mass is 214 g/mol. The molecule has 1 aliphatic rings. The van der Waals surface area contributed by atoms with Gasteiger partial charge in [-0.2, -0.15) is 0 Å². The van der Waals surface area contributed by atoms with Crippen molar-refractivity contribution in [1.82, 2.24) is 0 Å². The molecule has 16 heavy (non-hydrogen) atoms. The third kappa shape index (κ3) is 2.43. The van der Waals surface area contributed by atoms with Gasteiger partial charge in [-0.05, 0) is 31.9 Å². The molecule has 1 aromatic rings. The SMILES string of the molecule is C#C[C@@H](OC(=O)c1ccc(C)cc1)C1CC1. The van der Waals surface area contributed by atoms with Crippen molar-refractivity contribution in [2.75, 3.05) is 0 Å². The fourth-order valence-corrected chi connectivity index (χ4v) is 1.54. The lowest BCUT2D eigenvalue weighted by Gasteiger charge is -2.11. The second-order valence-electron chi connectivity index (χ2n) is 4.20. The molecule has 2 heteroatoms. The minimum Gasteiger partial charge on any atom is -0.445 e. The highest BCUT2D eigenvalue weighted by Crippen LogP contribution is 2.34. The van der Waals surface area contributed by atoms with E-state index in [-0.39, 0.29) is 12.1 Å². The summed E-state index contributed by atoms with van der Waals surface area (Å²) in [5.41, 5.74) is 1.68. The van der Waals surface area contributed by atoms with Gasteiger partial charge >= 0.3 is 5.97 Å². The smallest absolute Gasteiger partial charge is 0.339 e. The van der Waals surface area contributed by atoms with Crippen molar-refractivity contribution in [3.63, 3.8) is 0 Å². The second kappa shape index (κ2) is 4.40. The zero-order valence-electron chi connectivity index (χ0n) is 9.27. The number of terminal acetylenes is 1. The van der Waals surface area contributed by atoms with Gasteiger partial charge in [0.05, 0.1) is 5.56 Å². The van der Waals surface area contributed by atoms with Crippen LogP contribution in [0.3, 0.4) is 0 Å². The van der Waals surface area contributed by atoms with Crippen molar-refractivity contribution < 1.29 is 9.53 Å². The van der Waals surface area contributed by atoms with Crippen LogP contribution in [0.15, 0.2) is 24.3 Å². The number of carbonyl (C=O) groups excluding carboxylic acids is 1. The largest absolute Gasteiger partial charge is 0.445 e. The van der Waals surface area contributed by atoms with E-state index in [0.717, 1.165) is 18.4 Å². The lowest BCUT2D eigenvalue weighted by Crippen LogP contribution is -2.18. The highest BCUT2D eigenvalue weighted by molar-refractivity contribution is 5.89. The minimum absolute atomic E-state index is 0.324. The number of ether oxygens (including phenoxy) is 1. The van der Waals surface area contributed by atoms with Gasteiger partial charge in [0.15, 0.2) is 6.10 Å². The van der Waals surface area contributed by atoms with Crippen LogP contribution in [0.2, 0.25) is 0 Å². The van der Waals surface area contributed by atoms with Gasteiger partial charge < -0.3 is 4.74 Å². The van der Waals surface area contributed by atoms with E-state index >= 15 is 0 Å². The Morgan fingerprint density at radius 3 is 2.56 bits per heavy atom. The van der Waals surface area contributed by atoms with Gasteiger partial charge in [-0.1, -0.05) is 23.6 Å². The maximum Gasteiger partial charge on any atom is 0.339 e. The maximum absolute atomic E-state index is 11.7. The topological polar surface area (TPSA) is 26.3 Å². The van der Waals surface area contributed by atoms with Crippen LogP contribution in [0.4, 0.5) is 0 Å². The Kier molecular flexibility index (Phi) is 2.96. The zero-order chi connectivity index (χ0) is 11.5. The van der Waals surface area contributed by atoms with Crippen LogP contribution in [-0.4, -0.2) is 12.1 Å². The molecule has 0 amide bonds. The summed E-state index contributed by atoms with van der Waals surface area (Å²) in [5.74, 6) is 2.58. The first-order chi connectivity index (χ1) is 7.70. The summed E-state index contributed by atoms with van der Waals surface area (Å²) in [6, 6.07) is 7.30. The van der Waals surface area contributed by atoms with Gasteiger partial charge in [0.1, 0.15) is 0 Å². The Bertz CT molecular complexity index is 421. The molecule has 1 fully saturated rings. The molecule has 1 aromatic carbocycles. The van der Waals surface area contributed by atoms with Crippen molar-refractivity contribution >= 4 is 5.97 Å². The van der Waals surface area contributed by atoms with Crippen molar-refractivity contribution in [3.05, 3.63) is 35.4 Å². The predicted octanol–water partition coefficient (Wildman–Crippen LogP) is 2.56. The van der Waals surface area contributed by atoms with E-state index in [1.165, 1.54) is 0 Å². The predicted molar refractivity (Wildman–Crippen MR) is 61.9 cm³/mol. The lowest BCUT2D eigenvalue weighted by atomic mass is 10.1. The summed E-state index contributed by atoms with van der Waals surface area (Å²) in [7, 11) is 0. The molecule has 1 saturated carbocycles. The van der Waals surface area contributed by atoms with E-state index in [2.05, 4.69) is 5.92 Å². The summed E-state index contributed by atoms with van der Waals surface area (Å²) in [4.78, 5) is 11.7. The van der Waals surface area contributed by atoms with E-state index in [4.69, 9.17) is 11.2 Å². The summed E-state index contributed by atoms with van der Waals surface area (Å²) >= 11 is 0. The summed E-state index contributed by atoms with van der Waals surface area (Å²) in [6.07, 6.45) is 7.12. The number of benzene rings is 1. The molecule has 1 aliphatic carbocycles. The van der Waals surface area contributed by atoms with Crippen molar-refractivity contribution in [1.29, 1.82) is 0 Å². The van der Waals surface area contributed by atoms with Crippen molar-refractivity contribution in [2.24, 2.45) is 5.92 Å². The molecule has 0 saturated heterocycles. The molecule has 0 radical (unpaired) electrons. The molecule has 0 unspecified atom stereocenters.